The fourth-order valence-electron chi connectivity index (χ4n) is 3.75. The van der Waals surface area contributed by atoms with Gasteiger partial charge in [-0.3, -0.25) is 9.38 Å². The Morgan fingerprint density at radius 2 is 1.61 bits per heavy atom. The third-order valence-electron chi connectivity index (χ3n) is 5.65. The van der Waals surface area contributed by atoms with Crippen molar-refractivity contribution in [1.82, 2.24) is 14.4 Å². The van der Waals surface area contributed by atoms with E-state index < -0.39 is 0 Å². The normalized spacial score (nSPS) is 13.2. The molecule has 3 nitrogen and oxygen atoms in total. The van der Waals surface area contributed by atoms with E-state index in [9.17, 15) is 0 Å². The Bertz CT molecular complexity index is 1250. The topological polar surface area (TPSA) is 30.2 Å². The van der Waals surface area contributed by atoms with Crippen molar-refractivity contribution in [2.24, 2.45) is 0 Å². The highest BCUT2D eigenvalue weighted by Crippen LogP contribution is 2.35. The second-order valence-corrected chi connectivity index (χ2v) is 9.94. The van der Waals surface area contributed by atoms with E-state index in [1.165, 1.54) is 0 Å². The van der Waals surface area contributed by atoms with Gasteiger partial charge in [0.15, 0.2) is 5.82 Å². The molecule has 0 radical (unpaired) electrons. The Morgan fingerprint density at radius 3 is 2.21 bits per heavy atom. The molecule has 0 bridgehead atoms. The molecule has 0 atom stereocenters. The molecule has 0 N–H and O–H groups in total. The molecule has 0 unspecified atom stereocenters. The summed E-state index contributed by atoms with van der Waals surface area (Å²) in [6, 6.07) is 6.14. The lowest BCUT2D eigenvalue weighted by atomic mass is 9.85. The van der Waals surface area contributed by atoms with Crippen LogP contribution in [0.15, 0.2) is 24.4 Å². The van der Waals surface area contributed by atoms with Gasteiger partial charge in [0.25, 0.3) is 0 Å². The van der Waals surface area contributed by atoms with Gasteiger partial charge in [-0.15, -0.1) is 0 Å². The Labute approximate surface area is 165 Å². The second-order valence-electron chi connectivity index (χ2n) is 9.94. The van der Waals surface area contributed by atoms with Crippen LogP contribution in [0.4, 0.5) is 4.39 Å². The first-order chi connectivity index (χ1) is 12.9. The van der Waals surface area contributed by atoms with Crippen LogP contribution in [0.25, 0.3) is 27.6 Å². The molecule has 0 spiro atoms. The van der Waals surface area contributed by atoms with Crippen LogP contribution in [0, 0.1) is 19.7 Å². The van der Waals surface area contributed by atoms with Crippen LogP contribution in [0.5, 0.6) is 0 Å². The van der Waals surface area contributed by atoms with Gasteiger partial charge in [0, 0.05) is 28.3 Å². The first-order valence-corrected chi connectivity index (χ1v) is 9.82. The predicted molar refractivity (Wildman–Crippen MR) is 115 cm³/mol. The summed E-state index contributed by atoms with van der Waals surface area (Å²) in [4.78, 5) is 9.85. The number of pyridine rings is 2. The van der Waals surface area contributed by atoms with Gasteiger partial charge in [-0.25, -0.2) is 9.37 Å². The van der Waals surface area contributed by atoms with E-state index in [0.29, 0.717) is 16.6 Å². The molecular weight excluding hydrogens is 349 g/mol. The molecule has 1 aromatic carbocycles. The molecule has 0 aliphatic heterocycles. The predicted octanol–water partition coefficient (Wildman–Crippen LogP) is 6.39. The fourth-order valence-corrected chi connectivity index (χ4v) is 3.75. The van der Waals surface area contributed by atoms with Crippen molar-refractivity contribution >= 4 is 27.6 Å². The Morgan fingerprint density at radius 1 is 0.929 bits per heavy atom. The molecule has 0 aliphatic rings. The zero-order valence-electron chi connectivity index (χ0n) is 18.0. The molecule has 0 aliphatic carbocycles. The number of hydrogen-bond acceptors (Lipinski definition) is 2. The standard InChI is InChI=1S/C24H28FN3/c1-13-11-17-21(19(25)14(13)2)28-12-16(23(3,4)5)20-15(22(28)26-17)9-10-18(27-20)24(6,7)8/h9-12H,1-8H3. The molecule has 4 rings (SSSR count). The largest absolute Gasteiger partial charge is 0.296 e. The summed E-state index contributed by atoms with van der Waals surface area (Å²) in [5.74, 6) is -0.194. The van der Waals surface area contributed by atoms with Crippen LogP contribution in [0.3, 0.4) is 0 Å². The molecule has 0 fully saturated rings. The SMILES string of the molecule is Cc1cc2nc3c4ccc(C(C)(C)C)nc4c(C(C)(C)C)cn3c2c(F)c1C. The molecule has 3 aromatic heterocycles. The highest BCUT2D eigenvalue weighted by Gasteiger charge is 2.25. The number of aryl methyl sites for hydroxylation is 1. The van der Waals surface area contributed by atoms with Crippen LogP contribution >= 0.6 is 0 Å². The maximum absolute atomic E-state index is 15.2. The molecule has 0 saturated carbocycles. The van der Waals surface area contributed by atoms with Gasteiger partial charge in [0.1, 0.15) is 11.2 Å². The first-order valence-electron chi connectivity index (χ1n) is 9.82. The Balaban J connectivity index is 2.24. The number of nitrogens with zero attached hydrogens (tertiary/aromatic N) is 3. The highest BCUT2D eigenvalue weighted by molar-refractivity contribution is 5.98. The van der Waals surface area contributed by atoms with E-state index in [1.54, 1.807) is 0 Å². The maximum atomic E-state index is 15.2. The Hall–Kier alpha value is -2.49. The molecule has 4 heteroatoms. The average molecular weight is 378 g/mol. The molecular formula is C24H28FN3. The van der Waals surface area contributed by atoms with Gasteiger partial charge < -0.3 is 0 Å². The number of benzene rings is 1. The molecule has 0 amide bonds. The number of fused-ring (bicyclic) bond motifs is 5. The summed E-state index contributed by atoms with van der Waals surface area (Å²) in [5.41, 5.74) is 6.50. The van der Waals surface area contributed by atoms with Gasteiger partial charge in [0.05, 0.1) is 11.0 Å². The molecule has 4 aromatic rings. The number of halogens is 1. The minimum absolute atomic E-state index is 0.0457. The minimum Gasteiger partial charge on any atom is -0.296 e. The summed E-state index contributed by atoms with van der Waals surface area (Å²) >= 11 is 0. The lowest BCUT2D eigenvalue weighted by Gasteiger charge is -2.24. The van der Waals surface area contributed by atoms with Gasteiger partial charge in [-0.2, -0.15) is 0 Å². The van der Waals surface area contributed by atoms with Crippen molar-refractivity contribution in [2.75, 3.05) is 0 Å². The average Bonchev–Trinajstić information content (AvgIpc) is 2.95. The van der Waals surface area contributed by atoms with Crippen LogP contribution in [0.1, 0.15) is 63.9 Å². The van der Waals surface area contributed by atoms with Crippen molar-refractivity contribution in [2.45, 2.75) is 66.2 Å². The lowest BCUT2D eigenvalue weighted by molar-refractivity contribution is 0.567. The summed E-state index contributed by atoms with van der Waals surface area (Å²) in [5, 5.41) is 0.964. The summed E-state index contributed by atoms with van der Waals surface area (Å²) in [6.45, 7) is 16.8. The summed E-state index contributed by atoms with van der Waals surface area (Å²) in [7, 11) is 0. The van der Waals surface area contributed by atoms with Gasteiger partial charge in [0.2, 0.25) is 0 Å². The first kappa shape index (κ1) is 18.9. The monoisotopic (exact) mass is 377 g/mol. The highest BCUT2D eigenvalue weighted by atomic mass is 19.1. The van der Waals surface area contributed by atoms with Crippen molar-refractivity contribution < 1.29 is 4.39 Å². The third-order valence-corrected chi connectivity index (χ3v) is 5.65. The quantitative estimate of drug-likeness (QED) is 0.355. The van der Waals surface area contributed by atoms with Gasteiger partial charge >= 0.3 is 0 Å². The van der Waals surface area contributed by atoms with Crippen molar-refractivity contribution in [3.63, 3.8) is 0 Å². The van der Waals surface area contributed by atoms with E-state index >= 15 is 4.39 Å². The molecule has 3 heterocycles. The van der Waals surface area contributed by atoms with Gasteiger partial charge in [-0.1, -0.05) is 41.5 Å². The zero-order chi connectivity index (χ0) is 20.6. The van der Waals surface area contributed by atoms with Crippen molar-refractivity contribution in [3.8, 4) is 0 Å². The molecule has 146 valence electrons. The summed E-state index contributed by atoms with van der Waals surface area (Å²) < 4.78 is 17.1. The van der Waals surface area contributed by atoms with Crippen molar-refractivity contribution in [3.05, 3.63) is 52.6 Å². The van der Waals surface area contributed by atoms with E-state index in [2.05, 4.69) is 53.7 Å². The smallest absolute Gasteiger partial charge is 0.152 e. The van der Waals surface area contributed by atoms with Crippen LogP contribution in [-0.2, 0) is 10.8 Å². The minimum atomic E-state index is -0.194. The molecule has 28 heavy (non-hydrogen) atoms. The van der Waals surface area contributed by atoms with E-state index in [1.807, 2.05) is 30.5 Å². The lowest BCUT2D eigenvalue weighted by Crippen LogP contribution is -2.17. The maximum Gasteiger partial charge on any atom is 0.152 e. The second kappa shape index (κ2) is 5.76. The van der Waals surface area contributed by atoms with Crippen molar-refractivity contribution in [1.29, 1.82) is 0 Å². The fraction of sp³-hybridized carbons (Fsp3) is 0.417. The zero-order valence-corrected chi connectivity index (χ0v) is 18.0. The summed E-state index contributed by atoms with van der Waals surface area (Å²) in [6.07, 6.45) is 2.03. The Kier molecular flexibility index (Phi) is 3.88. The van der Waals surface area contributed by atoms with E-state index in [4.69, 9.17) is 9.97 Å². The van der Waals surface area contributed by atoms with E-state index in [0.717, 1.165) is 33.4 Å². The van der Waals surface area contributed by atoms with Gasteiger partial charge in [-0.05, 0) is 48.6 Å². The number of hydrogen-bond donors (Lipinski definition) is 0. The molecule has 0 saturated heterocycles. The number of imidazole rings is 1. The number of aromatic nitrogens is 3. The van der Waals surface area contributed by atoms with Crippen LogP contribution in [-0.4, -0.2) is 14.4 Å². The van der Waals surface area contributed by atoms with Crippen LogP contribution < -0.4 is 0 Å². The van der Waals surface area contributed by atoms with E-state index in [-0.39, 0.29) is 16.6 Å². The van der Waals surface area contributed by atoms with Crippen LogP contribution in [0.2, 0.25) is 0 Å². The third kappa shape index (κ3) is 2.69. The number of rotatable bonds is 0.